The van der Waals surface area contributed by atoms with Crippen LogP contribution in [0.15, 0.2) is 16.6 Å². The monoisotopic (exact) mass is 325 g/mol. The number of rotatable bonds is 4. The topological polar surface area (TPSA) is 73.2 Å². The van der Waals surface area contributed by atoms with Crippen molar-refractivity contribution >= 4 is 21.7 Å². The minimum absolute atomic E-state index is 0.461. The lowest BCUT2D eigenvalue weighted by Gasteiger charge is -2.17. The van der Waals surface area contributed by atoms with E-state index in [1.807, 2.05) is 6.07 Å². The molecule has 1 aromatic heterocycles. The quantitative estimate of drug-likeness (QED) is 0.906. The molecule has 0 aliphatic rings. The molecule has 1 aromatic carbocycles. The molecule has 1 heterocycles. The van der Waals surface area contributed by atoms with E-state index in [9.17, 15) is 0 Å². The number of anilines is 1. The second-order valence-electron chi connectivity index (χ2n) is 4.01. The number of halogens is 1. The second kappa shape index (κ2) is 5.52. The van der Waals surface area contributed by atoms with E-state index >= 15 is 0 Å². The molecule has 2 aromatic rings. The maximum Gasteiger partial charge on any atom is 0.175 e. The molecule has 6 heteroatoms. The van der Waals surface area contributed by atoms with Crippen LogP contribution in [0.1, 0.15) is 12.5 Å². The first-order valence-electron chi connectivity index (χ1n) is 5.86. The fraction of sp³-hybridized carbons (Fsp3) is 0.308. The van der Waals surface area contributed by atoms with Gasteiger partial charge < -0.3 is 15.2 Å². The third kappa shape index (κ3) is 2.40. The lowest BCUT2D eigenvalue weighted by molar-refractivity contribution is 0.350. The van der Waals surface area contributed by atoms with E-state index in [0.717, 1.165) is 33.5 Å². The zero-order valence-corrected chi connectivity index (χ0v) is 12.7. The minimum atomic E-state index is 0.461. The molecule has 0 amide bonds. The number of nitrogen functional groups attached to an aromatic ring is 1. The van der Waals surface area contributed by atoms with Crippen molar-refractivity contribution < 1.29 is 9.47 Å². The lowest BCUT2D eigenvalue weighted by Crippen LogP contribution is -1.99. The number of ether oxygens (including phenoxy) is 2. The van der Waals surface area contributed by atoms with Crippen molar-refractivity contribution in [1.82, 2.24) is 10.2 Å². The van der Waals surface area contributed by atoms with Crippen LogP contribution in [-0.4, -0.2) is 24.4 Å². The first kappa shape index (κ1) is 13.7. The Kier molecular flexibility index (Phi) is 3.99. The Bertz CT molecular complexity index is 596. The zero-order chi connectivity index (χ0) is 14.0. The van der Waals surface area contributed by atoms with Gasteiger partial charge in [0, 0.05) is 17.2 Å². The van der Waals surface area contributed by atoms with E-state index in [1.165, 1.54) is 0 Å². The molecule has 0 atom stereocenters. The van der Waals surface area contributed by atoms with Gasteiger partial charge in [-0.3, -0.25) is 5.10 Å². The fourth-order valence-corrected chi connectivity index (χ4v) is 2.69. The van der Waals surface area contributed by atoms with Gasteiger partial charge in [-0.25, -0.2) is 0 Å². The van der Waals surface area contributed by atoms with E-state index in [2.05, 4.69) is 33.1 Å². The fourth-order valence-electron chi connectivity index (χ4n) is 2.12. The molecule has 0 aliphatic carbocycles. The van der Waals surface area contributed by atoms with E-state index < -0.39 is 0 Å². The standard InChI is InChI=1S/C13H16BrN3O2/c1-4-7-8(10-6-11(15)17-16-10)5-9(14)13(19-3)12(7)18-2/h5-6H,4H2,1-3H3,(H3,15,16,17). The number of hydrogen-bond acceptors (Lipinski definition) is 4. The lowest BCUT2D eigenvalue weighted by atomic mass is 10.0. The van der Waals surface area contributed by atoms with Crippen LogP contribution in [-0.2, 0) is 6.42 Å². The molecule has 102 valence electrons. The van der Waals surface area contributed by atoms with Crippen molar-refractivity contribution in [3.8, 4) is 22.8 Å². The van der Waals surface area contributed by atoms with Gasteiger partial charge in [0.1, 0.15) is 5.82 Å². The number of aromatic amines is 1. The summed E-state index contributed by atoms with van der Waals surface area (Å²) in [5.41, 5.74) is 8.56. The highest BCUT2D eigenvalue weighted by Gasteiger charge is 2.19. The van der Waals surface area contributed by atoms with E-state index in [0.29, 0.717) is 11.6 Å². The molecule has 5 nitrogen and oxygen atoms in total. The van der Waals surface area contributed by atoms with Crippen LogP contribution in [0.3, 0.4) is 0 Å². The van der Waals surface area contributed by atoms with Crippen molar-refractivity contribution in [3.05, 3.63) is 22.2 Å². The van der Waals surface area contributed by atoms with Crippen LogP contribution < -0.4 is 15.2 Å². The Morgan fingerprint density at radius 2 is 1.95 bits per heavy atom. The Morgan fingerprint density at radius 1 is 1.26 bits per heavy atom. The highest BCUT2D eigenvalue weighted by Crippen LogP contribution is 2.43. The molecular formula is C13H16BrN3O2. The summed E-state index contributed by atoms with van der Waals surface area (Å²) in [6.07, 6.45) is 0.807. The normalized spacial score (nSPS) is 10.5. The number of hydrogen-bond donors (Lipinski definition) is 2. The number of H-pyrrole nitrogens is 1. The van der Waals surface area contributed by atoms with Crippen molar-refractivity contribution in [1.29, 1.82) is 0 Å². The van der Waals surface area contributed by atoms with Crippen molar-refractivity contribution in [2.45, 2.75) is 13.3 Å². The third-order valence-electron chi connectivity index (χ3n) is 2.94. The van der Waals surface area contributed by atoms with Gasteiger partial charge in [-0.15, -0.1) is 0 Å². The number of benzene rings is 1. The Labute approximate surface area is 120 Å². The molecule has 19 heavy (non-hydrogen) atoms. The highest BCUT2D eigenvalue weighted by molar-refractivity contribution is 9.10. The number of nitrogens with zero attached hydrogens (tertiary/aromatic N) is 1. The predicted molar refractivity (Wildman–Crippen MR) is 78.6 cm³/mol. The summed E-state index contributed by atoms with van der Waals surface area (Å²) in [4.78, 5) is 0. The number of methoxy groups -OCH3 is 2. The third-order valence-corrected chi connectivity index (χ3v) is 3.53. The SMILES string of the molecule is CCc1c(-c2cc(N)n[nH]2)cc(Br)c(OC)c1OC. The summed E-state index contributed by atoms with van der Waals surface area (Å²) in [7, 11) is 3.25. The zero-order valence-electron chi connectivity index (χ0n) is 11.1. The van der Waals surface area contributed by atoms with Crippen molar-refractivity contribution in [2.75, 3.05) is 20.0 Å². The smallest absolute Gasteiger partial charge is 0.175 e. The molecule has 0 unspecified atom stereocenters. The van der Waals surface area contributed by atoms with Gasteiger partial charge in [-0.2, -0.15) is 5.10 Å². The van der Waals surface area contributed by atoms with Gasteiger partial charge in [0.2, 0.25) is 0 Å². The molecule has 0 spiro atoms. The van der Waals surface area contributed by atoms with Crippen LogP contribution in [0, 0.1) is 0 Å². The van der Waals surface area contributed by atoms with Crippen molar-refractivity contribution in [2.24, 2.45) is 0 Å². The molecule has 0 saturated carbocycles. The number of aromatic nitrogens is 2. The highest BCUT2D eigenvalue weighted by atomic mass is 79.9. The average Bonchev–Trinajstić information content (AvgIpc) is 2.83. The number of nitrogens with one attached hydrogen (secondary N) is 1. The van der Waals surface area contributed by atoms with Crippen LogP contribution in [0.2, 0.25) is 0 Å². The summed E-state index contributed by atoms with van der Waals surface area (Å²) < 4.78 is 11.7. The predicted octanol–water partition coefficient (Wildman–Crippen LogP) is 3.00. The van der Waals surface area contributed by atoms with Crippen LogP contribution in [0.25, 0.3) is 11.3 Å². The molecule has 0 bridgehead atoms. The van der Waals surface area contributed by atoms with Gasteiger partial charge in [0.05, 0.1) is 24.4 Å². The van der Waals surface area contributed by atoms with E-state index in [1.54, 1.807) is 20.3 Å². The molecule has 0 radical (unpaired) electrons. The average molecular weight is 326 g/mol. The van der Waals surface area contributed by atoms with Crippen LogP contribution >= 0.6 is 15.9 Å². The maximum atomic E-state index is 5.66. The van der Waals surface area contributed by atoms with Gasteiger partial charge in [0.25, 0.3) is 0 Å². The van der Waals surface area contributed by atoms with E-state index in [-0.39, 0.29) is 0 Å². The summed E-state index contributed by atoms with van der Waals surface area (Å²) >= 11 is 3.50. The minimum Gasteiger partial charge on any atom is -0.493 e. The van der Waals surface area contributed by atoms with Gasteiger partial charge in [0.15, 0.2) is 11.5 Å². The largest absolute Gasteiger partial charge is 0.493 e. The molecule has 0 fully saturated rings. The summed E-state index contributed by atoms with van der Waals surface area (Å²) in [6, 6.07) is 3.78. The Hall–Kier alpha value is -1.69. The van der Waals surface area contributed by atoms with Gasteiger partial charge in [-0.1, -0.05) is 6.92 Å². The summed E-state index contributed by atoms with van der Waals surface area (Å²) in [5.74, 6) is 1.88. The van der Waals surface area contributed by atoms with Crippen LogP contribution in [0.5, 0.6) is 11.5 Å². The Morgan fingerprint density at radius 3 is 2.42 bits per heavy atom. The molecule has 2 rings (SSSR count). The number of nitrogens with two attached hydrogens (primary N) is 1. The van der Waals surface area contributed by atoms with Gasteiger partial charge in [-0.05, 0) is 28.4 Å². The first-order valence-corrected chi connectivity index (χ1v) is 6.66. The van der Waals surface area contributed by atoms with E-state index in [4.69, 9.17) is 15.2 Å². The molecule has 0 aliphatic heterocycles. The van der Waals surface area contributed by atoms with Crippen LogP contribution in [0.4, 0.5) is 5.82 Å². The summed E-state index contributed by atoms with van der Waals surface area (Å²) in [6.45, 7) is 2.06. The summed E-state index contributed by atoms with van der Waals surface area (Å²) in [5, 5.41) is 6.88. The molecular weight excluding hydrogens is 310 g/mol. The van der Waals surface area contributed by atoms with Crippen molar-refractivity contribution in [3.63, 3.8) is 0 Å². The Balaban J connectivity index is 2.71. The second-order valence-corrected chi connectivity index (χ2v) is 4.87. The first-order chi connectivity index (χ1) is 9.12. The molecule has 3 N–H and O–H groups in total. The molecule has 0 saturated heterocycles. The van der Waals surface area contributed by atoms with Gasteiger partial charge >= 0.3 is 0 Å². The maximum absolute atomic E-state index is 5.66.